The van der Waals surface area contributed by atoms with Gasteiger partial charge in [-0.15, -0.1) is 23.1 Å². The van der Waals surface area contributed by atoms with Crippen molar-refractivity contribution in [2.45, 2.75) is 22.6 Å². The number of carbonyl (C=O) groups is 3. The third-order valence-electron chi connectivity index (χ3n) is 13.1. The number of β-lactam (4-membered cyclic amide) rings is 1. The smallest absolute Gasteiger partial charge is 0.276 e. The van der Waals surface area contributed by atoms with Crippen LogP contribution in [0.2, 0.25) is 0 Å². The number of aromatic nitrogens is 3. The van der Waals surface area contributed by atoms with Crippen LogP contribution < -0.4 is 20.3 Å². The van der Waals surface area contributed by atoms with Gasteiger partial charge in [0.25, 0.3) is 11.8 Å². The van der Waals surface area contributed by atoms with Crippen molar-refractivity contribution < 1.29 is 28.9 Å². The van der Waals surface area contributed by atoms with Gasteiger partial charge < -0.3 is 25.4 Å². The van der Waals surface area contributed by atoms with Crippen LogP contribution in [-0.2, 0) is 37.4 Å². The molecule has 1 fully saturated rings. The van der Waals surface area contributed by atoms with Gasteiger partial charge in [-0.1, -0.05) is 205 Å². The molecule has 0 unspecified atom stereocenters. The van der Waals surface area contributed by atoms with Crippen LogP contribution in [0.15, 0.2) is 228 Å². The summed E-state index contributed by atoms with van der Waals surface area (Å²) < 4.78 is 3.94. The fraction of sp³-hybridized carbons (Fsp3) is 0.103. The standard InChI is InChI=1S/C58H45N7O5S3/c1-63-34-48-64(38-63)46(36-71-48)33-32-39-35-72-54-50(53(67)65(54)51(39)55(68)69)60-52(66)49(62-70-58(43-26-14-5-15-27-43,44-28-16-6-17-29-44)45-30-18-7-19-31-45)47-37-73-56(59-47)61-57(40-20-8-2-9-21-40,41-22-10-3-11-23-41)42-24-12-4-13-25-42/h2-34,36-38,50,54H,35H2,1H3,(H2-,59,60,61,66,68,69)/b33-32?,62-49-/t50-,54-/m1/s1. The second-order valence-corrected chi connectivity index (χ2v) is 20.3. The number of carboxylic acids is 1. The number of carbonyl (C=O) groups excluding carboxylic acids is 3. The van der Waals surface area contributed by atoms with Crippen molar-refractivity contribution >= 4 is 74.0 Å². The summed E-state index contributed by atoms with van der Waals surface area (Å²) in [7, 11) is 1.93. The maximum absolute atomic E-state index is 15.2. The number of hydrogen-bond donors (Lipinski definition) is 2. The van der Waals surface area contributed by atoms with Crippen LogP contribution >= 0.6 is 34.4 Å². The molecule has 2 N–H and O–H groups in total. The molecule has 11 rings (SSSR count). The molecule has 2 amide bonds. The molecule has 5 heterocycles. The number of amides is 2. The van der Waals surface area contributed by atoms with E-state index in [0.29, 0.717) is 10.7 Å². The van der Waals surface area contributed by atoms with Crippen LogP contribution in [0.25, 0.3) is 10.9 Å². The number of fused-ring (bicyclic) bond motifs is 2. The number of nitrogens with one attached hydrogen (secondary N) is 2. The van der Waals surface area contributed by atoms with Crippen molar-refractivity contribution in [2.24, 2.45) is 12.2 Å². The zero-order valence-electron chi connectivity index (χ0n) is 39.1. The molecular weight excluding hydrogens is 971 g/mol. The number of aliphatic carboxylic acids is 1. The molecule has 3 aromatic heterocycles. The van der Waals surface area contributed by atoms with Crippen molar-refractivity contribution in [2.75, 3.05) is 11.1 Å². The fourth-order valence-corrected chi connectivity index (χ4v) is 12.6. The Hall–Kier alpha value is -8.37. The summed E-state index contributed by atoms with van der Waals surface area (Å²) in [6.07, 6.45) is 7.47. The van der Waals surface area contributed by atoms with E-state index in [4.69, 9.17) is 15.0 Å². The highest BCUT2D eigenvalue weighted by Crippen LogP contribution is 2.44. The second kappa shape index (κ2) is 20.0. The van der Waals surface area contributed by atoms with Gasteiger partial charge in [0.1, 0.15) is 34.5 Å². The van der Waals surface area contributed by atoms with Crippen molar-refractivity contribution in [3.05, 3.63) is 267 Å². The number of imidazole rings is 1. The van der Waals surface area contributed by atoms with E-state index in [9.17, 15) is 14.7 Å². The Bertz CT molecular complexity index is 3350. The van der Waals surface area contributed by atoms with E-state index in [1.807, 2.05) is 186 Å². The number of carboxylic acid groups (broad SMARTS) is 1. The van der Waals surface area contributed by atoms with Gasteiger partial charge in [-0.2, -0.15) is 4.40 Å². The number of thiazole rings is 2. The molecule has 0 radical (unpaired) electrons. The highest BCUT2D eigenvalue weighted by Gasteiger charge is 2.53. The first-order valence-electron chi connectivity index (χ1n) is 23.4. The average Bonchev–Trinajstić information content (AvgIpc) is 4.17. The Labute approximate surface area is 433 Å². The van der Waals surface area contributed by atoms with Crippen LogP contribution in [0.1, 0.15) is 44.8 Å². The largest absolute Gasteiger partial charge is 0.543 e. The first-order valence-corrected chi connectivity index (χ1v) is 26.2. The zero-order chi connectivity index (χ0) is 49.9. The van der Waals surface area contributed by atoms with Crippen molar-refractivity contribution in [3.8, 4) is 0 Å². The molecule has 360 valence electrons. The minimum absolute atomic E-state index is 0.178. The first kappa shape index (κ1) is 47.0. The van der Waals surface area contributed by atoms with E-state index in [-0.39, 0.29) is 22.9 Å². The molecule has 73 heavy (non-hydrogen) atoms. The maximum atomic E-state index is 15.2. The second-order valence-electron chi connectivity index (χ2n) is 17.5. The molecule has 12 nitrogen and oxygen atoms in total. The summed E-state index contributed by atoms with van der Waals surface area (Å²) in [6.45, 7) is 0. The van der Waals surface area contributed by atoms with Gasteiger partial charge in [0.15, 0.2) is 10.8 Å². The van der Waals surface area contributed by atoms with Gasteiger partial charge >= 0.3 is 0 Å². The summed E-state index contributed by atoms with van der Waals surface area (Å²) in [4.78, 5) is 56.5. The number of oxime groups is 1. The lowest BCUT2D eigenvalue weighted by Crippen LogP contribution is -2.71. The summed E-state index contributed by atoms with van der Waals surface area (Å²) in [6, 6.07) is 58.2. The van der Waals surface area contributed by atoms with E-state index in [1.165, 1.54) is 28.0 Å². The maximum Gasteiger partial charge on any atom is 0.276 e. The summed E-state index contributed by atoms with van der Waals surface area (Å²) in [5.74, 6) is -2.58. The van der Waals surface area contributed by atoms with E-state index in [0.717, 1.165) is 43.9 Å². The van der Waals surface area contributed by atoms with Gasteiger partial charge in [-0.3, -0.25) is 14.5 Å². The van der Waals surface area contributed by atoms with Gasteiger partial charge in [0, 0.05) is 33.2 Å². The number of allylic oxidation sites excluding steroid dienone is 1. The molecule has 0 spiro atoms. The molecule has 0 aliphatic carbocycles. The Balaban J connectivity index is 0.990. The minimum Gasteiger partial charge on any atom is -0.543 e. The minimum atomic E-state index is -1.49. The molecule has 0 bridgehead atoms. The van der Waals surface area contributed by atoms with Crippen LogP contribution in [0.5, 0.6) is 0 Å². The van der Waals surface area contributed by atoms with Gasteiger partial charge in [-0.25, -0.2) is 9.55 Å². The molecule has 15 heteroatoms. The van der Waals surface area contributed by atoms with E-state index < -0.39 is 40.3 Å². The molecule has 6 aromatic carbocycles. The third-order valence-corrected chi connectivity index (χ3v) is 16.0. The Morgan fingerprint density at radius 3 is 1.74 bits per heavy atom. The summed E-state index contributed by atoms with van der Waals surface area (Å²) in [5.41, 5.74) is 3.82. The van der Waals surface area contributed by atoms with Gasteiger partial charge in [0.05, 0.1) is 18.7 Å². The molecular formula is C58H45N7O5S3. The SMILES string of the molecule is C[n+]1cc2scc(C=CC3=C(C(=O)[O-])N4C(=O)[C@@H](NC(=O)/C(=N\OC(c5ccccc5)(c5ccccc5)c5ccccc5)c5csc(NC(c6ccccc6)(c6ccccc6)c6ccccc6)n5)[C@H]4SC3)n2c1. The first-order chi connectivity index (χ1) is 35.7. The lowest BCUT2D eigenvalue weighted by atomic mass is 9.77. The van der Waals surface area contributed by atoms with Crippen LogP contribution in [-0.4, -0.2) is 54.9 Å². The molecule has 0 saturated carbocycles. The van der Waals surface area contributed by atoms with E-state index in [2.05, 4.69) is 47.0 Å². The lowest BCUT2D eigenvalue weighted by molar-refractivity contribution is -0.669. The molecule has 2 aliphatic rings. The molecule has 9 aromatic rings. The monoisotopic (exact) mass is 1020 g/mol. The number of anilines is 1. The van der Waals surface area contributed by atoms with Gasteiger partial charge in [-0.05, 0) is 28.3 Å². The number of nitrogens with zero attached hydrogens (tertiary/aromatic N) is 5. The van der Waals surface area contributed by atoms with Crippen LogP contribution in [0, 0.1) is 0 Å². The number of rotatable bonds is 16. The van der Waals surface area contributed by atoms with Crippen LogP contribution in [0.4, 0.5) is 5.13 Å². The Kier molecular flexibility index (Phi) is 12.9. The topological polar surface area (TPSA) is 144 Å². The van der Waals surface area contributed by atoms with E-state index in [1.54, 1.807) is 22.8 Å². The highest BCUT2D eigenvalue weighted by atomic mass is 32.2. The van der Waals surface area contributed by atoms with Crippen molar-refractivity contribution in [1.82, 2.24) is 19.6 Å². The highest BCUT2D eigenvalue weighted by molar-refractivity contribution is 8.00. The number of aryl methyl sites for hydroxylation is 1. The van der Waals surface area contributed by atoms with Gasteiger partial charge in [0.2, 0.25) is 16.8 Å². The average molecular weight is 1020 g/mol. The summed E-state index contributed by atoms with van der Waals surface area (Å²) in [5, 5.41) is 27.8. The number of hydrogen-bond acceptors (Lipinski definition) is 11. The van der Waals surface area contributed by atoms with Crippen molar-refractivity contribution in [3.63, 3.8) is 0 Å². The molecule has 2 atom stereocenters. The van der Waals surface area contributed by atoms with Crippen molar-refractivity contribution in [1.29, 1.82) is 0 Å². The normalized spacial score (nSPS) is 16.0. The molecule has 2 aliphatic heterocycles. The third kappa shape index (κ3) is 8.70. The Morgan fingerprint density at radius 1 is 0.726 bits per heavy atom. The lowest BCUT2D eigenvalue weighted by Gasteiger charge is -2.50. The summed E-state index contributed by atoms with van der Waals surface area (Å²) >= 11 is 4.20. The van der Waals surface area contributed by atoms with Crippen LogP contribution in [0.3, 0.4) is 0 Å². The van der Waals surface area contributed by atoms with E-state index >= 15 is 4.79 Å². The number of benzene rings is 6. The zero-order valence-corrected chi connectivity index (χ0v) is 41.6. The quantitative estimate of drug-likeness (QED) is 0.0323. The predicted octanol–water partition coefficient (Wildman–Crippen LogP) is 8.52. The fourth-order valence-electron chi connectivity index (χ4n) is 9.62. The molecule has 1 saturated heterocycles. The predicted molar refractivity (Wildman–Crippen MR) is 284 cm³/mol. The number of thioether (sulfide) groups is 1. The Morgan fingerprint density at radius 2 is 1.23 bits per heavy atom.